The normalized spacial score (nSPS) is 11.3. The molecule has 0 radical (unpaired) electrons. The fraction of sp³-hybridized carbons (Fsp3) is 0.263. The Morgan fingerprint density at radius 1 is 1.04 bits per heavy atom. The zero-order valence-corrected chi connectivity index (χ0v) is 14.6. The van der Waals surface area contributed by atoms with Crippen LogP contribution in [0.5, 0.6) is 0 Å². The molecule has 0 fully saturated rings. The Hall–Kier alpha value is -3.02. The second-order valence-corrected chi connectivity index (χ2v) is 6.87. The average Bonchev–Trinajstić information content (AvgIpc) is 3.03. The van der Waals surface area contributed by atoms with E-state index in [2.05, 4.69) is 41.4 Å². The van der Waals surface area contributed by atoms with Crippen molar-refractivity contribution in [1.82, 2.24) is 20.0 Å². The molecule has 2 aromatic heterocycles. The van der Waals surface area contributed by atoms with Gasteiger partial charge in [-0.1, -0.05) is 39.0 Å². The van der Waals surface area contributed by atoms with Crippen LogP contribution in [0.1, 0.15) is 32.2 Å². The number of carbonyl (C=O) groups excluding carboxylic acids is 1. The molecule has 0 unspecified atom stereocenters. The molecule has 3 rings (SSSR count). The van der Waals surface area contributed by atoms with E-state index >= 15 is 0 Å². The lowest BCUT2D eigenvalue weighted by atomic mass is 9.92. The molecule has 0 aliphatic rings. The molecule has 0 saturated carbocycles. The molecule has 3 aromatic rings. The molecule has 0 saturated heterocycles. The van der Waals surface area contributed by atoms with E-state index < -0.39 is 0 Å². The van der Waals surface area contributed by atoms with E-state index in [4.69, 9.17) is 0 Å². The first-order valence-corrected chi connectivity index (χ1v) is 8.16. The molecule has 0 spiro atoms. The second kappa shape index (κ2) is 6.84. The number of anilines is 1. The van der Waals surface area contributed by atoms with Crippen LogP contribution in [0.4, 0.5) is 5.82 Å². The summed E-state index contributed by atoms with van der Waals surface area (Å²) in [6, 6.07) is 15.3. The topological polar surface area (TPSA) is 72.7 Å². The standard InChI is InChI=1S/C19H21N5O/c1-19(2,3)16-9-10-17(22-21-16)20-18(25)13-14-11-12-24(23-14)15-7-5-4-6-8-15/h4-12H,13H2,1-3H3,(H,20,22,25). The van der Waals surface area contributed by atoms with Gasteiger partial charge in [-0.05, 0) is 30.3 Å². The van der Waals surface area contributed by atoms with Crippen molar-refractivity contribution in [3.8, 4) is 5.69 Å². The van der Waals surface area contributed by atoms with Crippen molar-refractivity contribution in [2.75, 3.05) is 5.32 Å². The number of benzene rings is 1. The van der Waals surface area contributed by atoms with Gasteiger partial charge in [-0.25, -0.2) is 4.68 Å². The maximum Gasteiger partial charge on any atom is 0.231 e. The fourth-order valence-electron chi connectivity index (χ4n) is 2.33. The van der Waals surface area contributed by atoms with Crippen LogP contribution in [0.3, 0.4) is 0 Å². The van der Waals surface area contributed by atoms with Crippen molar-refractivity contribution in [2.24, 2.45) is 0 Å². The lowest BCUT2D eigenvalue weighted by Gasteiger charge is -2.16. The summed E-state index contributed by atoms with van der Waals surface area (Å²) >= 11 is 0. The predicted octanol–water partition coefficient (Wildman–Crippen LogP) is 3.14. The summed E-state index contributed by atoms with van der Waals surface area (Å²) in [6.07, 6.45) is 2.03. The van der Waals surface area contributed by atoms with Crippen LogP contribution in [0.2, 0.25) is 0 Å². The first-order valence-electron chi connectivity index (χ1n) is 8.16. The number of nitrogens with one attached hydrogen (secondary N) is 1. The third kappa shape index (κ3) is 4.29. The van der Waals surface area contributed by atoms with Crippen molar-refractivity contribution >= 4 is 11.7 Å². The van der Waals surface area contributed by atoms with Crippen molar-refractivity contribution < 1.29 is 4.79 Å². The van der Waals surface area contributed by atoms with Gasteiger partial charge in [0.1, 0.15) is 0 Å². The predicted molar refractivity (Wildman–Crippen MR) is 96.6 cm³/mol. The summed E-state index contributed by atoms with van der Waals surface area (Å²) in [6.45, 7) is 6.20. The van der Waals surface area contributed by atoms with Crippen LogP contribution in [0.15, 0.2) is 54.7 Å². The summed E-state index contributed by atoms with van der Waals surface area (Å²) in [4.78, 5) is 12.2. The summed E-state index contributed by atoms with van der Waals surface area (Å²) in [7, 11) is 0. The Morgan fingerprint density at radius 3 is 2.44 bits per heavy atom. The van der Waals surface area contributed by atoms with E-state index in [-0.39, 0.29) is 17.7 Å². The Kier molecular flexibility index (Phi) is 4.61. The fourth-order valence-corrected chi connectivity index (χ4v) is 2.33. The molecule has 0 bridgehead atoms. The third-order valence-electron chi connectivity index (χ3n) is 3.71. The number of hydrogen-bond acceptors (Lipinski definition) is 4. The molecule has 6 nitrogen and oxygen atoms in total. The molecule has 25 heavy (non-hydrogen) atoms. The molecule has 1 N–H and O–H groups in total. The number of aromatic nitrogens is 4. The highest BCUT2D eigenvalue weighted by Crippen LogP contribution is 2.19. The molecular formula is C19H21N5O. The van der Waals surface area contributed by atoms with Gasteiger partial charge in [0.2, 0.25) is 5.91 Å². The number of hydrogen-bond donors (Lipinski definition) is 1. The van der Waals surface area contributed by atoms with Crippen LogP contribution >= 0.6 is 0 Å². The Bertz CT molecular complexity index is 848. The quantitative estimate of drug-likeness (QED) is 0.795. The van der Waals surface area contributed by atoms with Gasteiger partial charge in [0, 0.05) is 11.6 Å². The minimum absolute atomic E-state index is 0.0696. The van der Waals surface area contributed by atoms with Crippen molar-refractivity contribution in [3.63, 3.8) is 0 Å². The summed E-state index contributed by atoms with van der Waals surface area (Å²) in [5.41, 5.74) is 2.46. The maximum absolute atomic E-state index is 12.2. The zero-order chi connectivity index (χ0) is 17.9. The minimum Gasteiger partial charge on any atom is -0.309 e. The van der Waals surface area contributed by atoms with Crippen LogP contribution in [-0.2, 0) is 16.6 Å². The summed E-state index contributed by atoms with van der Waals surface area (Å²) in [5, 5.41) is 15.4. The molecule has 0 aliphatic carbocycles. The lowest BCUT2D eigenvalue weighted by Crippen LogP contribution is -2.18. The van der Waals surface area contributed by atoms with E-state index in [1.165, 1.54) is 0 Å². The minimum atomic E-state index is -0.170. The maximum atomic E-state index is 12.2. The highest BCUT2D eigenvalue weighted by atomic mass is 16.1. The van der Waals surface area contributed by atoms with Crippen LogP contribution in [0.25, 0.3) is 5.69 Å². The monoisotopic (exact) mass is 335 g/mol. The molecule has 0 aliphatic heterocycles. The van der Waals surface area contributed by atoms with E-state index in [0.717, 1.165) is 11.4 Å². The van der Waals surface area contributed by atoms with E-state index in [9.17, 15) is 4.79 Å². The largest absolute Gasteiger partial charge is 0.309 e. The number of rotatable bonds is 4. The van der Waals surface area contributed by atoms with Crippen molar-refractivity contribution in [2.45, 2.75) is 32.6 Å². The SMILES string of the molecule is CC(C)(C)c1ccc(NC(=O)Cc2ccn(-c3ccccc3)n2)nn1. The Balaban J connectivity index is 1.62. The number of carbonyl (C=O) groups is 1. The summed E-state index contributed by atoms with van der Waals surface area (Å²) < 4.78 is 1.75. The highest BCUT2D eigenvalue weighted by molar-refractivity contribution is 5.91. The zero-order valence-electron chi connectivity index (χ0n) is 14.6. The Morgan fingerprint density at radius 2 is 1.80 bits per heavy atom. The van der Waals surface area contributed by atoms with Crippen LogP contribution in [-0.4, -0.2) is 25.9 Å². The molecule has 2 heterocycles. The molecule has 0 atom stereocenters. The van der Waals surface area contributed by atoms with Crippen molar-refractivity contribution in [1.29, 1.82) is 0 Å². The molecular weight excluding hydrogens is 314 g/mol. The van der Waals surface area contributed by atoms with Gasteiger partial charge in [-0.2, -0.15) is 10.2 Å². The highest BCUT2D eigenvalue weighted by Gasteiger charge is 2.16. The van der Waals surface area contributed by atoms with Gasteiger partial charge < -0.3 is 5.32 Å². The molecule has 1 aromatic carbocycles. The molecule has 128 valence electrons. The number of nitrogens with zero attached hydrogens (tertiary/aromatic N) is 4. The van der Waals surface area contributed by atoms with E-state index in [1.807, 2.05) is 48.7 Å². The third-order valence-corrected chi connectivity index (χ3v) is 3.71. The second-order valence-electron chi connectivity index (χ2n) is 6.87. The number of para-hydroxylation sites is 1. The first kappa shape index (κ1) is 16.8. The molecule has 6 heteroatoms. The van der Waals surface area contributed by atoms with Gasteiger partial charge in [0.05, 0.1) is 23.5 Å². The molecule has 1 amide bonds. The van der Waals surface area contributed by atoms with E-state index in [1.54, 1.807) is 10.7 Å². The smallest absolute Gasteiger partial charge is 0.231 e. The van der Waals surface area contributed by atoms with Gasteiger partial charge >= 0.3 is 0 Å². The van der Waals surface area contributed by atoms with E-state index in [0.29, 0.717) is 11.5 Å². The van der Waals surface area contributed by atoms with Gasteiger partial charge in [0.25, 0.3) is 0 Å². The van der Waals surface area contributed by atoms with Gasteiger partial charge in [-0.3, -0.25) is 4.79 Å². The Labute approximate surface area is 146 Å². The first-order chi connectivity index (χ1) is 11.9. The number of amides is 1. The van der Waals surface area contributed by atoms with Gasteiger partial charge in [-0.15, -0.1) is 5.10 Å². The van der Waals surface area contributed by atoms with Crippen molar-refractivity contribution in [3.05, 3.63) is 66.1 Å². The van der Waals surface area contributed by atoms with Gasteiger partial charge in [0.15, 0.2) is 5.82 Å². The lowest BCUT2D eigenvalue weighted by molar-refractivity contribution is -0.115. The average molecular weight is 335 g/mol. The van der Waals surface area contributed by atoms with Crippen LogP contribution < -0.4 is 5.32 Å². The summed E-state index contributed by atoms with van der Waals surface area (Å²) in [5.74, 6) is 0.275. The van der Waals surface area contributed by atoms with Crippen LogP contribution in [0, 0.1) is 0 Å².